The molecule has 2 aromatic rings. The Labute approximate surface area is 173 Å². The number of halogens is 1. The van der Waals surface area contributed by atoms with Crippen LogP contribution in [0.4, 0.5) is 4.39 Å². The van der Waals surface area contributed by atoms with Gasteiger partial charge in [0.05, 0.1) is 42.3 Å². The van der Waals surface area contributed by atoms with Crippen molar-refractivity contribution >= 4 is 15.9 Å². The molecule has 3 rings (SSSR count). The molecule has 30 heavy (non-hydrogen) atoms. The fourth-order valence-corrected chi connectivity index (χ4v) is 4.06. The molecule has 1 aromatic carbocycles. The van der Waals surface area contributed by atoms with Crippen LogP contribution in [0.5, 0.6) is 0 Å². The summed E-state index contributed by atoms with van der Waals surface area (Å²) in [5, 5.41) is 12.3. The number of ether oxygens (including phenoxy) is 1. The maximum atomic E-state index is 13.0. The molecule has 1 aromatic heterocycles. The molecule has 3 N–H and O–H groups in total. The summed E-state index contributed by atoms with van der Waals surface area (Å²) in [6.45, 7) is -0.221. The van der Waals surface area contributed by atoms with E-state index in [1.54, 1.807) is 18.3 Å². The van der Waals surface area contributed by atoms with Crippen LogP contribution in [0.2, 0.25) is 0 Å². The Morgan fingerprint density at radius 3 is 2.63 bits per heavy atom. The highest BCUT2D eigenvalue weighted by atomic mass is 32.2. The fourth-order valence-electron chi connectivity index (χ4n) is 2.84. The quantitative estimate of drug-likeness (QED) is 0.507. The van der Waals surface area contributed by atoms with Crippen LogP contribution in [0, 0.1) is 5.82 Å². The largest absolute Gasteiger partial charge is 0.394 e. The van der Waals surface area contributed by atoms with Crippen molar-refractivity contribution < 1.29 is 27.4 Å². The average molecular weight is 436 g/mol. The Bertz CT molecular complexity index is 986. The number of hydrogen-bond acceptors (Lipinski definition) is 7. The molecule has 11 heteroatoms. The van der Waals surface area contributed by atoms with E-state index in [-0.39, 0.29) is 23.8 Å². The maximum absolute atomic E-state index is 13.0. The third-order valence-corrected chi connectivity index (χ3v) is 5.85. The zero-order valence-electron chi connectivity index (χ0n) is 15.8. The molecule has 9 nitrogen and oxygen atoms in total. The maximum Gasteiger partial charge on any atom is 0.241 e. The number of aromatic nitrogens is 2. The van der Waals surface area contributed by atoms with Crippen molar-refractivity contribution in [1.82, 2.24) is 20.0 Å². The zero-order valence-corrected chi connectivity index (χ0v) is 16.6. The lowest BCUT2D eigenvalue weighted by atomic mass is 10.1. The Balaban J connectivity index is 1.58. The molecule has 1 aliphatic heterocycles. The Morgan fingerprint density at radius 2 is 1.97 bits per heavy atom. The predicted molar refractivity (Wildman–Crippen MR) is 104 cm³/mol. The van der Waals surface area contributed by atoms with Gasteiger partial charge in [-0.15, -0.1) is 0 Å². The number of benzene rings is 1. The molecule has 0 spiro atoms. The van der Waals surface area contributed by atoms with E-state index >= 15 is 0 Å². The van der Waals surface area contributed by atoms with Gasteiger partial charge in [0.2, 0.25) is 15.9 Å². The van der Waals surface area contributed by atoms with Crippen molar-refractivity contribution in [1.29, 1.82) is 0 Å². The van der Waals surface area contributed by atoms with Crippen molar-refractivity contribution in [2.75, 3.05) is 6.61 Å². The molecule has 0 saturated heterocycles. The Morgan fingerprint density at radius 1 is 1.20 bits per heavy atom. The van der Waals surface area contributed by atoms with Crippen LogP contribution in [-0.4, -0.2) is 54.3 Å². The second kappa shape index (κ2) is 9.85. The lowest BCUT2D eigenvalue weighted by Gasteiger charge is -2.31. The summed E-state index contributed by atoms with van der Waals surface area (Å²) in [5.41, 5.74) is 0.655. The van der Waals surface area contributed by atoms with E-state index in [9.17, 15) is 22.7 Å². The number of aliphatic hydroxyl groups is 1. The number of hydrogen-bond donors (Lipinski definition) is 3. The minimum absolute atomic E-state index is 0.00445. The van der Waals surface area contributed by atoms with Gasteiger partial charge in [-0.05, 0) is 30.3 Å². The highest BCUT2D eigenvalue weighted by Crippen LogP contribution is 2.18. The summed E-state index contributed by atoms with van der Waals surface area (Å²) in [7, 11) is -3.95. The second-order valence-corrected chi connectivity index (χ2v) is 8.28. The van der Waals surface area contributed by atoms with Crippen molar-refractivity contribution in [3.8, 4) is 0 Å². The number of nitrogens with one attached hydrogen (secondary N) is 2. The van der Waals surface area contributed by atoms with Gasteiger partial charge < -0.3 is 15.2 Å². The van der Waals surface area contributed by atoms with E-state index in [4.69, 9.17) is 4.74 Å². The molecule has 0 saturated carbocycles. The zero-order chi connectivity index (χ0) is 21.6. The SMILES string of the molecule is O=C(C[C@@H]1C=C[C@@H](NS(=O)(=O)c2ccc(F)cc2)[C@@H](CO)O1)NCc1ccncn1. The van der Waals surface area contributed by atoms with Gasteiger partial charge in [-0.25, -0.2) is 27.5 Å². The first kappa shape index (κ1) is 22.0. The molecule has 0 fully saturated rings. The van der Waals surface area contributed by atoms with E-state index in [1.807, 2.05) is 0 Å². The first-order chi connectivity index (χ1) is 14.4. The predicted octanol–water partition coefficient (Wildman–Crippen LogP) is 0.285. The van der Waals surface area contributed by atoms with Crippen LogP contribution in [0.3, 0.4) is 0 Å². The molecule has 0 aliphatic carbocycles. The number of nitrogens with zero attached hydrogens (tertiary/aromatic N) is 2. The third-order valence-electron chi connectivity index (χ3n) is 4.37. The molecule has 1 aliphatic rings. The number of carbonyl (C=O) groups is 1. The number of carbonyl (C=O) groups excluding carboxylic acids is 1. The summed E-state index contributed by atoms with van der Waals surface area (Å²) < 4.78 is 46.1. The summed E-state index contributed by atoms with van der Waals surface area (Å²) in [6, 6.07) is 5.21. The molecule has 160 valence electrons. The molecule has 1 amide bonds. The lowest BCUT2D eigenvalue weighted by Crippen LogP contribution is -2.49. The summed E-state index contributed by atoms with van der Waals surface area (Å²) >= 11 is 0. The minimum atomic E-state index is -3.95. The van der Waals surface area contributed by atoms with Crippen LogP contribution in [0.25, 0.3) is 0 Å². The number of aliphatic hydroxyl groups excluding tert-OH is 1. The van der Waals surface area contributed by atoms with E-state index < -0.39 is 40.7 Å². The normalized spacial score (nSPS) is 21.3. The van der Waals surface area contributed by atoms with Crippen molar-refractivity contribution in [3.05, 3.63) is 66.5 Å². The van der Waals surface area contributed by atoms with Crippen LogP contribution < -0.4 is 10.0 Å². The molecule has 2 heterocycles. The van der Waals surface area contributed by atoms with E-state index in [1.165, 1.54) is 12.4 Å². The molecule has 0 unspecified atom stereocenters. The van der Waals surface area contributed by atoms with E-state index in [2.05, 4.69) is 20.0 Å². The van der Waals surface area contributed by atoms with E-state index in [0.717, 1.165) is 24.3 Å². The second-order valence-electron chi connectivity index (χ2n) is 6.56. The van der Waals surface area contributed by atoms with Crippen LogP contribution in [0.1, 0.15) is 12.1 Å². The summed E-state index contributed by atoms with van der Waals surface area (Å²) in [5.74, 6) is -0.839. The minimum Gasteiger partial charge on any atom is -0.394 e. The van der Waals surface area contributed by atoms with Gasteiger partial charge in [0.1, 0.15) is 18.2 Å². The van der Waals surface area contributed by atoms with Gasteiger partial charge in [0.25, 0.3) is 0 Å². The third kappa shape index (κ3) is 5.89. The van der Waals surface area contributed by atoms with Gasteiger partial charge in [0, 0.05) is 6.20 Å². The number of amides is 1. The molecule has 0 radical (unpaired) electrons. The summed E-state index contributed by atoms with van der Waals surface area (Å²) in [4.78, 5) is 19.8. The standard InChI is InChI=1S/C19H21FN4O5S/c20-13-1-4-16(5-2-13)30(27,28)24-17-6-3-15(29-18(17)11-25)9-19(26)22-10-14-7-8-21-12-23-14/h1-8,12,15,17-18,24-25H,9-11H2,(H,22,26)/t15-,17+,18+/m0/s1. The topological polar surface area (TPSA) is 131 Å². The average Bonchev–Trinajstić information content (AvgIpc) is 2.74. The number of sulfonamides is 1. The molecule has 0 bridgehead atoms. The van der Waals surface area contributed by atoms with Gasteiger partial charge in [-0.3, -0.25) is 4.79 Å². The van der Waals surface area contributed by atoms with Gasteiger partial charge in [0.15, 0.2) is 0 Å². The Hall–Kier alpha value is -2.73. The van der Waals surface area contributed by atoms with Crippen molar-refractivity contribution in [3.63, 3.8) is 0 Å². The summed E-state index contributed by atoms with van der Waals surface area (Å²) in [6.07, 6.45) is 4.54. The van der Waals surface area contributed by atoms with E-state index in [0.29, 0.717) is 5.69 Å². The van der Waals surface area contributed by atoms with Crippen LogP contribution in [-0.2, 0) is 26.1 Å². The molecular formula is C19H21FN4O5S. The monoisotopic (exact) mass is 436 g/mol. The fraction of sp³-hybridized carbons (Fsp3) is 0.316. The van der Waals surface area contributed by atoms with Crippen LogP contribution >= 0.6 is 0 Å². The highest BCUT2D eigenvalue weighted by Gasteiger charge is 2.31. The first-order valence-corrected chi connectivity index (χ1v) is 10.6. The van der Waals surface area contributed by atoms with Crippen LogP contribution in [0.15, 0.2) is 59.9 Å². The van der Waals surface area contributed by atoms with Crippen molar-refractivity contribution in [2.24, 2.45) is 0 Å². The Kier molecular flexibility index (Phi) is 7.21. The van der Waals surface area contributed by atoms with Crippen molar-refractivity contribution in [2.45, 2.75) is 36.1 Å². The van der Waals surface area contributed by atoms with Gasteiger partial charge in [-0.2, -0.15) is 0 Å². The highest BCUT2D eigenvalue weighted by molar-refractivity contribution is 7.89. The number of rotatable bonds is 8. The van der Waals surface area contributed by atoms with Gasteiger partial charge >= 0.3 is 0 Å². The smallest absolute Gasteiger partial charge is 0.241 e. The first-order valence-electron chi connectivity index (χ1n) is 9.11. The molecular weight excluding hydrogens is 415 g/mol. The molecule has 3 atom stereocenters. The van der Waals surface area contributed by atoms with Gasteiger partial charge in [-0.1, -0.05) is 12.2 Å². The lowest BCUT2D eigenvalue weighted by molar-refractivity contribution is -0.125.